The van der Waals surface area contributed by atoms with Gasteiger partial charge in [-0.25, -0.2) is 8.42 Å². The number of carbonyl (C=O) groups excluding carboxylic acids is 1. The maximum absolute atomic E-state index is 11.9. The van der Waals surface area contributed by atoms with Gasteiger partial charge in [0.15, 0.2) is 0 Å². The van der Waals surface area contributed by atoms with Gasteiger partial charge in [0.05, 0.1) is 15.9 Å². The molecule has 0 aromatic carbocycles. The van der Waals surface area contributed by atoms with E-state index in [-0.39, 0.29) is 63.8 Å². The monoisotopic (exact) mass is 513 g/mol. The standard InChI is InChI=1S/C26H53NO4S.K/c1-3-4-5-6-7-8-9-10-11-12-13-14-15-16-17-18-19-20-21-22-23-26(28)27(2)24-25-32(29,30)31;/h3-25H2,1-2H3,(H,29,30,31);/q;+1/p-1. The first-order valence-electron chi connectivity index (χ1n) is 13.5. The van der Waals surface area contributed by atoms with E-state index in [0.29, 0.717) is 6.42 Å². The topological polar surface area (TPSA) is 77.5 Å². The molecule has 0 N–H and O–H groups in total. The Morgan fingerprint density at radius 3 is 1.24 bits per heavy atom. The third-order valence-corrected chi connectivity index (χ3v) is 7.03. The van der Waals surface area contributed by atoms with Gasteiger partial charge in [0.25, 0.3) is 0 Å². The van der Waals surface area contributed by atoms with Crippen molar-refractivity contribution in [2.75, 3.05) is 19.3 Å². The fraction of sp³-hybridized carbons (Fsp3) is 0.962. The number of amides is 1. The molecule has 0 spiro atoms. The Bertz CT molecular complexity index is 528. The van der Waals surface area contributed by atoms with Gasteiger partial charge < -0.3 is 9.45 Å². The maximum Gasteiger partial charge on any atom is 1.00 e. The average molecular weight is 514 g/mol. The Kier molecular flexibility index (Phi) is 28.6. The Morgan fingerprint density at radius 2 is 0.939 bits per heavy atom. The molecule has 0 saturated heterocycles. The number of unbranched alkanes of at least 4 members (excludes halogenated alkanes) is 19. The van der Waals surface area contributed by atoms with Gasteiger partial charge >= 0.3 is 51.4 Å². The summed E-state index contributed by atoms with van der Waals surface area (Å²) >= 11 is 0. The summed E-state index contributed by atoms with van der Waals surface area (Å²) in [5.41, 5.74) is 0. The molecule has 0 atom stereocenters. The molecule has 0 aliphatic carbocycles. The van der Waals surface area contributed by atoms with Gasteiger partial charge in [-0.15, -0.1) is 0 Å². The summed E-state index contributed by atoms with van der Waals surface area (Å²) in [4.78, 5) is 13.2. The largest absolute Gasteiger partial charge is 1.00 e. The molecule has 0 heterocycles. The van der Waals surface area contributed by atoms with Crippen molar-refractivity contribution in [1.29, 1.82) is 0 Å². The summed E-state index contributed by atoms with van der Waals surface area (Å²) in [7, 11) is -2.69. The third-order valence-electron chi connectivity index (χ3n) is 6.35. The molecule has 0 fully saturated rings. The zero-order chi connectivity index (χ0) is 23.9. The minimum absolute atomic E-state index is 0. The van der Waals surface area contributed by atoms with Crippen LogP contribution in [-0.2, 0) is 14.9 Å². The normalized spacial score (nSPS) is 11.4. The molecule has 0 aromatic heterocycles. The van der Waals surface area contributed by atoms with E-state index in [2.05, 4.69) is 6.92 Å². The Morgan fingerprint density at radius 1 is 0.636 bits per heavy atom. The number of nitrogens with zero attached hydrogens (tertiary/aromatic N) is 1. The van der Waals surface area contributed by atoms with Gasteiger partial charge in [0.2, 0.25) is 5.91 Å². The molecule has 0 unspecified atom stereocenters. The van der Waals surface area contributed by atoms with E-state index < -0.39 is 15.9 Å². The number of hydrogen-bond donors (Lipinski definition) is 0. The van der Waals surface area contributed by atoms with Gasteiger partial charge in [-0.1, -0.05) is 129 Å². The van der Waals surface area contributed by atoms with Gasteiger partial charge in [-0.05, 0) is 6.42 Å². The van der Waals surface area contributed by atoms with Gasteiger partial charge in [-0.3, -0.25) is 4.79 Å². The number of carbonyl (C=O) groups is 1. The second-order valence-electron chi connectivity index (χ2n) is 9.54. The third kappa shape index (κ3) is 29.1. The second kappa shape index (κ2) is 26.1. The van der Waals surface area contributed by atoms with Crippen LogP contribution in [0.3, 0.4) is 0 Å². The minimum atomic E-state index is -4.25. The fourth-order valence-corrected chi connectivity index (χ4v) is 4.59. The van der Waals surface area contributed by atoms with E-state index in [1.165, 1.54) is 114 Å². The van der Waals surface area contributed by atoms with Crippen molar-refractivity contribution < 1.29 is 69.1 Å². The first kappa shape index (κ1) is 36.2. The molecule has 0 aromatic rings. The summed E-state index contributed by atoms with van der Waals surface area (Å²) in [6.45, 7) is 2.27. The van der Waals surface area contributed by atoms with Crippen LogP contribution in [0.15, 0.2) is 0 Å². The number of rotatable bonds is 24. The predicted octanol–water partition coefficient (Wildman–Crippen LogP) is 4.21. The summed E-state index contributed by atoms with van der Waals surface area (Å²) < 4.78 is 31.8. The second-order valence-corrected chi connectivity index (χ2v) is 11.1. The molecule has 0 radical (unpaired) electrons. The summed E-state index contributed by atoms with van der Waals surface area (Å²) in [5, 5.41) is 0. The van der Waals surface area contributed by atoms with E-state index in [9.17, 15) is 17.8 Å². The molecule has 7 heteroatoms. The van der Waals surface area contributed by atoms with E-state index in [4.69, 9.17) is 0 Å². The van der Waals surface area contributed by atoms with Crippen LogP contribution < -0.4 is 51.4 Å². The Hall–Kier alpha value is 1.02. The molecule has 0 rings (SSSR count). The molecule has 0 bridgehead atoms. The molecule has 0 aliphatic rings. The summed E-state index contributed by atoms with van der Waals surface area (Å²) in [6.07, 6.45) is 27.0. The maximum atomic E-state index is 11.9. The van der Waals surface area contributed by atoms with Crippen molar-refractivity contribution in [3.8, 4) is 0 Å². The molecular formula is C26H52KNO4S. The van der Waals surface area contributed by atoms with Crippen molar-refractivity contribution in [1.82, 2.24) is 4.90 Å². The first-order chi connectivity index (χ1) is 15.4. The molecular weight excluding hydrogens is 461 g/mol. The zero-order valence-electron chi connectivity index (χ0n) is 22.3. The van der Waals surface area contributed by atoms with Crippen molar-refractivity contribution >= 4 is 16.0 Å². The minimum Gasteiger partial charge on any atom is -0.748 e. The van der Waals surface area contributed by atoms with Crippen LogP contribution in [0, 0.1) is 0 Å². The van der Waals surface area contributed by atoms with Crippen LogP contribution in [0.1, 0.15) is 142 Å². The van der Waals surface area contributed by atoms with Gasteiger partial charge in [0, 0.05) is 20.0 Å². The molecule has 0 saturated carbocycles. The SMILES string of the molecule is CCCCCCCCCCCCCCCCCCCCCCC(=O)N(C)CCS(=O)(=O)[O-].[K+]. The van der Waals surface area contributed by atoms with Crippen molar-refractivity contribution in [2.24, 2.45) is 0 Å². The van der Waals surface area contributed by atoms with Crippen LogP contribution in [0.25, 0.3) is 0 Å². The van der Waals surface area contributed by atoms with Crippen molar-refractivity contribution in [3.63, 3.8) is 0 Å². The van der Waals surface area contributed by atoms with Crippen molar-refractivity contribution in [2.45, 2.75) is 142 Å². The summed E-state index contributed by atoms with van der Waals surface area (Å²) in [5.74, 6) is -0.579. The van der Waals surface area contributed by atoms with E-state index in [0.717, 1.165) is 19.3 Å². The van der Waals surface area contributed by atoms with Crippen LogP contribution in [0.4, 0.5) is 0 Å². The quantitative estimate of drug-likeness (QED) is 0.110. The zero-order valence-corrected chi connectivity index (χ0v) is 26.2. The molecule has 192 valence electrons. The first-order valence-corrected chi connectivity index (χ1v) is 15.1. The van der Waals surface area contributed by atoms with E-state index in [1.807, 2.05) is 0 Å². The predicted molar refractivity (Wildman–Crippen MR) is 135 cm³/mol. The Balaban J connectivity index is 0. The fourth-order valence-electron chi connectivity index (χ4n) is 4.10. The van der Waals surface area contributed by atoms with Crippen molar-refractivity contribution in [3.05, 3.63) is 0 Å². The van der Waals surface area contributed by atoms with Gasteiger partial charge in [-0.2, -0.15) is 0 Å². The smallest absolute Gasteiger partial charge is 0.748 e. The van der Waals surface area contributed by atoms with Crippen LogP contribution in [-0.4, -0.2) is 43.1 Å². The molecule has 33 heavy (non-hydrogen) atoms. The van der Waals surface area contributed by atoms with Crippen LogP contribution >= 0.6 is 0 Å². The van der Waals surface area contributed by atoms with E-state index >= 15 is 0 Å². The van der Waals surface area contributed by atoms with Gasteiger partial charge in [0.1, 0.15) is 0 Å². The average Bonchev–Trinajstić information content (AvgIpc) is 2.75. The molecule has 1 amide bonds. The molecule has 0 aliphatic heterocycles. The van der Waals surface area contributed by atoms with E-state index in [1.54, 1.807) is 7.05 Å². The van der Waals surface area contributed by atoms with Crippen LogP contribution in [0.2, 0.25) is 0 Å². The summed E-state index contributed by atoms with van der Waals surface area (Å²) in [6, 6.07) is 0. The Labute approximate surface area is 248 Å². The molecule has 5 nitrogen and oxygen atoms in total. The van der Waals surface area contributed by atoms with Crippen LogP contribution in [0.5, 0.6) is 0 Å². The number of hydrogen-bond acceptors (Lipinski definition) is 4.